The fourth-order valence-corrected chi connectivity index (χ4v) is 4.60. The van der Waals surface area contributed by atoms with E-state index in [9.17, 15) is 14.4 Å². The number of ketones is 1. The van der Waals surface area contributed by atoms with Crippen LogP contribution in [0.3, 0.4) is 0 Å². The third-order valence-corrected chi connectivity index (χ3v) is 6.59. The number of ether oxygens (including phenoxy) is 1. The van der Waals surface area contributed by atoms with E-state index in [1.807, 2.05) is 12.1 Å². The standard InChI is InChI=1S/C27H23ClN6O4/c1-38-19-6-8-24(30-14-19)32-26(36)20-7-5-16(10-21(20)28)15-34-22(12-18-4-2-3-9-29-18)23(35)11-17-13-31-33-25(17)27(34)37/h2-10,13-14,22H,11-12,15H2,1H3,(H,31,33)(H,30,32,36). The predicted molar refractivity (Wildman–Crippen MR) is 139 cm³/mol. The molecule has 1 unspecified atom stereocenters. The average Bonchev–Trinajstić information content (AvgIpc) is 3.36. The molecule has 0 aliphatic carbocycles. The molecule has 2 N–H and O–H groups in total. The van der Waals surface area contributed by atoms with Gasteiger partial charge in [-0.2, -0.15) is 5.10 Å². The molecule has 3 aromatic heterocycles. The van der Waals surface area contributed by atoms with Crippen molar-refractivity contribution >= 4 is 35.0 Å². The van der Waals surface area contributed by atoms with Gasteiger partial charge in [0.25, 0.3) is 11.8 Å². The fraction of sp³-hybridized carbons (Fsp3) is 0.185. The van der Waals surface area contributed by atoms with Crippen molar-refractivity contribution in [1.29, 1.82) is 0 Å². The van der Waals surface area contributed by atoms with Gasteiger partial charge in [0.15, 0.2) is 5.78 Å². The van der Waals surface area contributed by atoms with E-state index in [0.29, 0.717) is 28.4 Å². The summed E-state index contributed by atoms with van der Waals surface area (Å²) in [6, 6.07) is 12.9. The maximum Gasteiger partial charge on any atom is 0.273 e. The lowest BCUT2D eigenvalue weighted by atomic mass is 10.0. The van der Waals surface area contributed by atoms with Crippen LogP contribution in [0.25, 0.3) is 0 Å². The van der Waals surface area contributed by atoms with Gasteiger partial charge in [-0.1, -0.05) is 23.7 Å². The van der Waals surface area contributed by atoms with E-state index in [0.717, 1.165) is 0 Å². The number of rotatable bonds is 7. The number of anilines is 1. The Bertz CT molecular complexity index is 1490. The summed E-state index contributed by atoms with van der Waals surface area (Å²) >= 11 is 6.49. The van der Waals surface area contributed by atoms with Crippen LogP contribution >= 0.6 is 11.6 Å². The van der Waals surface area contributed by atoms with Crippen molar-refractivity contribution in [3.8, 4) is 5.75 Å². The van der Waals surface area contributed by atoms with Crippen LogP contribution in [0.5, 0.6) is 5.75 Å². The quantitative estimate of drug-likeness (QED) is 0.374. The molecule has 4 heterocycles. The van der Waals surface area contributed by atoms with Gasteiger partial charge < -0.3 is 15.0 Å². The van der Waals surface area contributed by atoms with E-state index in [2.05, 4.69) is 25.5 Å². The molecule has 0 saturated heterocycles. The minimum absolute atomic E-state index is 0.0881. The molecule has 4 aromatic rings. The first-order valence-electron chi connectivity index (χ1n) is 11.8. The first kappa shape index (κ1) is 25.1. The molecule has 1 aromatic carbocycles. The van der Waals surface area contributed by atoms with Crippen LogP contribution in [-0.2, 0) is 24.2 Å². The van der Waals surface area contributed by atoms with Gasteiger partial charge in [-0.05, 0) is 42.0 Å². The Balaban J connectivity index is 1.39. The summed E-state index contributed by atoms with van der Waals surface area (Å²) in [5, 5.41) is 9.58. The Morgan fingerprint density at radius 1 is 1.16 bits per heavy atom. The number of nitrogens with zero attached hydrogens (tertiary/aromatic N) is 4. The van der Waals surface area contributed by atoms with Crippen molar-refractivity contribution in [1.82, 2.24) is 25.1 Å². The molecule has 10 nitrogen and oxygen atoms in total. The Kier molecular flexibility index (Phi) is 7.14. The number of carbonyl (C=O) groups excluding carboxylic acids is 3. The number of fused-ring (bicyclic) bond motifs is 1. The van der Waals surface area contributed by atoms with Crippen LogP contribution in [0.4, 0.5) is 5.82 Å². The third-order valence-electron chi connectivity index (χ3n) is 6.28. The highest BCUT2D eigenvalue weighted by Crippen LogP contribution is 2.26. The van der Waals surface area contributed by atoms with Gasteiger partial charge in [0.2, 0.25) is 0 Å². The first-order chi connectivity index (χ1) is 18.4. The van der Waals surface area contributed by atoms with E-state index >= 15 is 0 Å². The number of nitrogens with one attached hydrogen (secondary N) is 2. The van der Waals surface area contributed by atoms with E-state index in [1.165, 1.54) is 24.4 Å². The number of hydrogen-bond donors (Lipinski definition) is 2. The van der Waals surface area contributed by atoms with Gasteiger partial charge in [-0.15, -0.1) is 0 Å². The lowest BCUT2D eigenvalue weighted by Gasteiger charge is -2.29. The number of Topliss-reactive ketones (excluding diaryl/α,β-unsaturated/α-hetero) is 1. The molecule has 0 spiro atoms. The molecule has 1 aliphatic heterocycles. The van der Waals surface area contributed by atoms with Crippen molar-refractivity contribution in [2.24, 2.45) is 0 Å². The van der Waals surface area contributed by atoms with E-state index in [4.69, 9.17) is 16.3 Å². The second kappa shape index (κ2) is 10.8. The van der Waals surface area contributed by atoms with Crippen LogP contribution in [0.2, 0.25) is 5.02 Å². The number of carbonyl (C=O) groups is 3. The first-order valence-corrected chi connectivity index (χ1v) is 12.2. The van der Waals surface area contributed by atoms with Gasteiger partial charge in [0.05, 0.1) is 36.1 Å². The Hall–Kier alpha value is -4.57. The Morgan fingerprint density at radius 2 is 2.03 bits per heavy atom. The van der Waals surface area contributed by atoms with E-state index < -0.39 is 11.9 Å². The van der Waals surface area contributed by atoms with Gasteiger partial charge in [0, 0.05) is 36.8 Å². The van der Waals surface area contributed by atoms with Crippen LogP contribution in [-0.4, -0.2) is 55.8 Å². The number of methoxy groups -OCH3 is 1. The topological polar surface area (TPSA) is 130 Å². The van der Waals surface area contributed by atoms with Crippen molar-refractivity contribution < 1.29 is 19.1 Å². The number of pyridine rings is 2. The fourth-order valence-electron chi connectivity index (χ4n) is 4.31. The summed E-state index contributed by atoms with van der Waals surface area (Å²) in [4.78, 5) is 49.6. The smallest absolute Gasteiger partial charge is 0.273 e. The molecule has 192 valence electrons. The second-order valence-corrected chi connectivity index (χ2v) is 9.15. The summed E-state index contributed by atoms with van der Waals surface area (Å²) in [5.74, 6) is 0.0225. The highest BCUT2D eigenvalue weighted by Gasteiger charge is 2.36. The van der Waals surface area contributed by atoms with Gasteiger partial charge >= 0.3 is 0 Å². The minimum Gasteiger partial charge on any atom is -0.495 e. The maximum atomic E-state index is 13.5. The maximum absolute atomic E-state index is 13.5. The molecule has 0 fully saturated rings. The zero-order chi connectivity index (χ0) is 26.6. The summed E-state index contributed by atoms with van der Waals surface area (Å²) in [6.07, 6.45) is 5.01. The lowest BCUT2D eigenvalue weighted by Crippen LogP contribution is -2.45. The monoisotopic (exact) mass is 530 g/mol. The van der Waals surface area contributed by atoms with Crippen LogP contribution in [0.1, 0.15) is 37.7 Å². The molecule has 11 heteroatoms. The Morgan fingerprint density at radius 3 is 2.74 bits per heavy atom. The number of hydrogen-bond acceptors (Lipinski definition) is 7. The number of amides is 2. The average molecular weight is 531 g/mol. The number of aromatic amines is 1. The zero-order valence-corrected chi connectivity index (χ0v) is 21.1. The van der Waals surface area contributed by atoms with Crippen LogP contribution < -0.4 is 10.1 Å². The summed E-state index contributed by atoms with van der Waals surface area (Å²) in [6.45, 7) is 0.0994. The molecule has 2 amide bonds. The van der Waals surface area contributed by atoms with Crippen LogP contribution in [0.15, 0.2) is 67.1 Å². The normalized spacial score (nSPS) is 15.1. The van der Waals surface area contributed by atoms with E-state index in [-0.39, 0.29) is 47.4 Å². The molecular formula is C27H23ClN6O4. The number of aromatic nitrogens is 4. The number of benzene rings is 1. The van der Waals surface area contributed by atoms with Gasteiger partial charge in [-0.3, -0.25) is 24.5 Å². The molecule has 0 bridgehead atoms. The number of halogens is 1. The minimum atomic E-state index is -0.735. The molecule has 5 rings (SSSR count). The van der Waals surface area contributed by atoms with Crippen molar-refractivity contribution in [3.05, 3.63) is 100 Å². The molecule has 0 radical (unpaired) electrons. The summed E-state index contributed by atoms with van der Waals surface area (Å²) in [7, 11) is 1.53. The highest BCUT2D eigenvalue weighted by atomic mass is 35.5. The van der Waals surface area contributed by atoms with Crippen molar-refractivity contribution in [2.45, 2.75) is 25.4 Å². The zero-order valence-electron chi connectivity index (χ0n) is 20.3. The molecule has 38 heavy (non-hydrogen) atoms. The van der Waals surface area contributed by atoms with Crippen molar-refractivity contribution in [2.75, 3.05) is 12.4 Å². The molecular weight excluding hydrogens is 508 g/mol. The SMILES string of the molecule is COc1ccc(NC(=O)c2ccc(CN3C(=O)c4[nH]ncc4CC(=O)C3Cc3ccccn3)cc2Cl)nc1. The highest BCUT2D eigenvalue weighted by molar-refractivity contribution is 6.34. The van der Waals surface area contributed by atoms with Gasteiger partial charge in [-0.25, -0.2) is 4.98 Å². The molecule has 1 atom stereocenters. The second-order valence-electron chi connectivity index (χ2n) is 8.74. The van der Waals surface area contributed by atoms with Gasteiger partial charge in [0.1, 0.15) is 17.3 Å². The van der Waals surface area contributed by atoms with E-state index in [1.54, 1.807) is 42.6 Å². The summed E-state index contributed by atoms with van der Waals surface area (Å²) in [5.41, 5.74) is 2.45. The predicted octanol–water partition coefficient (Wildman–Crippen LogP) is 3.49. The Labute approximate surface area is 223 Å². The van der Waals surface area contributed by atoms with Crippen LogP contribution in [0, 0.1) is 0 Å². The van der Waals surface area contributed by atoms with Crippen molar-refractivity contribution in [3.63, 3.8) is 0 Å². The molecule has 1 aliphatic rings. The molecule has 0 saturated carbocycles. The third kappa shape index (κ3) is 5.25. The largest absolute Gasteiger partial charge is 0.495 e. The number of H-pyrrole nitrogens is 1. The summed E-state index contributed by atoms with van der Waals surface area (Å²) < 4.78 is 5.08. The lowest BCUT2D eigenvalue weighted by molar-refractivity contribution is -0.122.